The molecular weight excluding hydrogens is 421 g/mol. The molecule has 0 spiro atoms. The van der Waals surface area contributed by atoms with E-state index in [4.69, 9.17) is 15.7 Å². The Morgan fingerprint density at radius 2 is 2.00 bits per heavy atom. The summed E-state index contributed by atoms with van der Waals surface area (Å²) in [6, 6.07) is 1.78. The van der Waals surface area contributed by atoms with Crippen LogP contribution in [0.5, 0.6) is 5.75 Å². The number of benzene rings is 1. The molecular formula is C19H23F3N4O5. The SMILES string of the molecule is Cc1cc(C)c2c(c1)C=C(C(=O)N[C@@H](CCCN=C(N)NO)C(=O)O)[C@@H](C(F)(F)F)O2. The molecule has 1 aromatic carbocycles. The number of amides is 1. The van der Waals surface area contributed by atoms with Gasteiger partial charge < -0.3 is 20.9 Å². The lowest BCUT2D eigenvalue weighted by Gasteiger charge is -2.30. The molecule has 170 valence electrons. The molecule has 6 N–H and O–H groups in total. The number of ether oxygens (including phenoxy) is 1. The lowest BCUT2D eigenvalue weighted by molar-refractivity contribution is -0.185. The van der Waals surface area contributed by atoms with Gasteiger partial charge in [0.1, 0.15) is 11.8 Å². The zero-order valence-corrected chi connectivity index (χ0v) is 16.8. The zero-order chi connectivity index (χ0) is 23.3. The second-order valence-electron chi connectivity index (χ2n) is 7.02. The fourth-order valence-corrected chi connectivity index (χ4v) is 3.14. The van der Waals surface area contributed by atoms with Crippen LogP contribution in [-0.2, 0) is 9.59 Å². The summed E-state index contributed by atoms with van der Waals surface area (Å²) in [5.41, 5.74) is 7.64. The second kappa shape index (κ2) is 9.69. The van der Waals surface area contributed by atoms with Gasteiger partial charge in [-0.3, -0.25) is 15.0 Å². The van der Waals surface area contributed by atoms with Crippen LogP contribution in [0.3, 0.4) is 0 Å². The number of rotatable bonds is 7. The number of carboxylic acids is 1. The lowest BCUT2D eigenvalue weighted by Crippen LogP contribution is -2.47. The van der Waals surface area contributed by atoms with E-state index in [-0.39, 0.29) is 31.1 Å². The number of aliphatic carboxylic acids is 1. The van der Waals surface area contributed by atoms with Crippen LogP contribution in [0.25, 0.3) is 6.08 Å². The Kier molecular flexibility index (Phi) is 7.50. The van der Waals surface area contributed by atoms with Crippen LogP contribution in [0.15, 0.2) is 22.7 Å². The molecule has 31 heavy (non-hydrogen) atoms. The predicted octanol–water partition coefficient (Wildman–Crippen LogP) is 1.65. The summed E-state index contributed by atoms with van der Waals surface area (Å²) >= 11 is 0. The molecule has 2 rings (SSSR count). The Balaban J connectivity index is 2.26. The molecule has 1 heterocycles. The van der Waals surface area contributed by atoms with Gasteiger partial charge >= 0.3 is 12.1 Å². The van der Waals surface area contributed by atoms with Gasteiger partial charge in [0, 0.05) is 12.1 Å². The number of carbonyl (C=O) groups is 2. The molecule has 0 unspecified atom stereocenters. The fourth-order valence-electron chi connectivity index (χ4n) is 3.14. The first-order valence-electron chi connectivity index (χ1n) is 9.24. The number of aryl methyl sites for hydroxylation is 2. The number of carbonyl (C=O) groups excluding carboxylic acids is 1. The van der Waals surface area contributed by atoms with Crippen LogP contribution in [0.1, 0.15) is 29.5 Å². The monoisotopic (exact) mass is 444 g/mol. The van der Waals surface area contributed by atoms with E-state index < -0.39 is 35.8 Å². The number of hydroxylamine groups is 1. The largest absolute Gasteiger partial charge is 0.480 e. The molecule has 9 nitrogen and oxygen atoms in total. The maximum Gasteiger partial charge on any atom is 0.429 e. The highest BCUT2D eigenvalue weighted by Gasteiger charge is 2.48. The Bertz CT molecular complexity index is 915. The average Bonchev–Trinajstić information content (AvgIpc) is 2.67. The van der Waals surface area contributed by atoms with Crippen molar-refractivity contribution in [2.75, 3.05) is 6.54 Å². The van der Waals surface area contributed by atoms with Crippen molar-refractivity contribution in [2.24, 2.45) is 10.7 Å². The summed E-state index contributed by atoms with van der Waals surface area (Å²) in [4.78, 5) is 27.8. The van der Waals surface area contributed by atoms with Gasteiger partial charge in [-0.1, -0.05) is 11.6 Å². The van der Waals surface area contributed by atoms with E-state index in [1.54, 1.807) is 31.5 Å². The molecule has 2 atom stereocenters. The minimum absolute atomic E-state index is 0.0206. The van der Waals surface area contributed by atoms with E-state index in [0.29, 0.717) is 11.1 Å². The third-order valence-corrected chi connectivity index (χ3v) is 4.49. The van der Waals surface area contributed by atoms with Crippen molar-refractivity contribution in [1.82, 2.24) is 10.8 Å². The molecule has 1 aliphatic rings. The molecule has 0 fully saturated rings. The van der Waals surface area contributed by atoms with Gasteiger partial charge in [0.05, 0.1) is 5.57 Å². The van der Waals surface area contributed by atoms with Gasteiger partial charge in [-0.15, -0.1) is 0 Å². The van der Waals surface area contributed by atoms with E-state index in [0.717, 1.165) is 11.6 Å². The molecule has 0 aromatic heterocycles. The molecule has 0 aliphatic carbocycles. The minimum Gasteiger partial charge on any atom is -0.480 e. The Morgan fingerprint density at radius 3 is 2.58 bits per heavy atom. The third-order valence-electron chi connectivity index (χ3n) is 4.49. The first-order chi connectivity index (χ1) is 14.4. The topological polar surface area (TPSA) is 146 Å². The molecule has 0 radical (unpaired) electrons. The van der Waals surface area contributed by atoms with E-state index in [9.17, 15) is 27.9 Å². The fraction of sp³-hybridized carbons (Fsp3) is 0.421. The summed E-state index contributed by atoms with van der Waals surface area (Å²) in [7, 11) is 0. The molecule has 0 saturated carbocycles. The number of halogens is 3. The number of nitrogens with one attached hydrogen (secondary N) is 2. The molecule has 0 saturated heterocycles. The highest BCUT2D eigenvalue weighted by molar-refractivity contribution is 6.01. The number of carboxylic acid groups (broad SMARTS) is 1. The number of fused-ring (bicyclic) bond motifs is 1. The summed E-state index contributed by atoms with van der Waals surface area (Å²) in [5, 5.41) is 20.0. The van der Waals surface area contributed by atoms with Crippen molar-refractivity contribution >= 4 is 23.9 Å². The van der Waals surface area contributed by atoms with Crippen LogP contribution in [0, 0.1) is 13.8 Å². The van der Waals surface area contributed by atoms with Gasteiger partial charge in [-0.2, -0.15) is 13.2 Å². The first-order valence-corrected chi connectivity index (χ1v) is 9.24. The number of nitrogens with zero attached hydrogens (tertiary/aromatic N) is 1. The maximum absolute atomic E-state index is 13.6. The van der Waals surface area contributed by atoms with Crippen molar-refractivity contribution in [3.63, 3.8) is 0 Å². The van der Waals surface area contributed by atoms with Gasteiger partial charge in [-0.25, -0.2) is 10.3 Å². The van der Waals surface area contributed by atoms with Crippen LogP contribution >= 0.6 is 0 Å². The summed E-state index contributed by atoms with van der Waals surface area (Å²) < 4.78 is 45.9. The standard InChI is InChI=1S/C19H23F3N4O5/c1-9-6-10(2)14-11(7-9)8-12(15(31-14)19(20,21)22)16(27)25-13(17(28)29)4-3-5-24-18(23)26-30/h6-8,13,15,30H,3-5H2,1-2H3,(H,25,27)(H,28,29)(H3,23,24,26)/t13-,15-/m0/s1. The van der Waals surface area contributed by atoms with Gasteiger partial charge in [0.15, 0.2) is 0 Å². The number of nitrogens with two attached hydrogens (primary N) is 1. The van der Waals surface area contributed by atoms with Crippen molar-refractivity contribution in [2.45, 2.75) is 45.0 Å². The molecule has 1 aromatic rings. The average molecular weight is 444 g/mol. The normalized spacial score (nSPS) is 17.2. The van der Waals surface area contributed by atoms with Gasteiger partial charge in [0.2, 0.25) is 12.1 Å². The van der Waals surface area contributed by atoms with E-state index in [1.807, 2.05) is 0 Å². The lowest BCUT2D eigenvalue weighted by atomic mass is 9.96. The number of hydrogen-bond acceptors (Lipinski definition) is 5. The first kappa shape index (κ1) is 24.0. The molecule has 1 amide bonds. The third kappa shape index (κ3) is 6.10. The van der Waals surface area contributed by atoms with E-state index in [2.05, 4.69) is 10.3 Å². The highest BCUT2D eigenvalue weighted by Crippen LogP contribution is 2.39. The molecule has 1 aliphatic heterocycles. The van der Waals surface area contributed by atoms with Crippen molar-refractivity contribution < 1.29 is 37.8 Å². The van der Waals surface area contributed by atoms with Crippen molar-refractivity contribution in [3.05, 3.63) is 34.4 Å². The Morgan fingerprint density at radius 1 is 1.32 bits per heavy atom. The molecule has 0 bridgehead atoms. The number of hydrogen-bond donors (Lipinski definition) is 5. The van der Waals surface area contributed by atoms with Crippen molar-refractivity contribution in [3.8, 4) is 5.75 Å². The van der Waals surface area contributed by atoms with Crippen LogP contribution < -0.4 is 21.3 Å². The van der Waals surface area contributed by atoms with E-state index >= 15 is 0 Å². The quantitative estimate of drug-likeness (QED) is 0.186. The summed E-state index contributed by atoms with van der Waals surface area (Å²) in [6.07, 6.45) is -6.33. The van der Waals surface area contributed by atoms with Crippen LogP contribution in [-0.4, -0.2) is 53.0 Å². The summed E-state index contributed by atoms with van der Waals surface area (Å²) in [5.74, 6) is -2.87. The second-order valence-corrected chi connectivity index (χ2v) is 7.02. The van der Waals surface area contributed by atoms with Crippen LogP contribution in [0.2, 0.25) is 0 Å². The number of alkyl halides is 3. The summed E-state index contributed by atoms with van der Waals surface area (Å²) in [6.45, 7) is 3.38. The minimum atomic E-state index is -4.89. The van der Waals surface area contributed by atoms with E-state index in [1.165, 1.54) is 0 Å². The van der Waals surface area contributed by atoms with Crippen molar-refractivity contribution in [1.29, 1.82) is 0 Å². The van der Waals surface area contributed by atoms with Crippen LogP contribution in [0.4, 0.5) is 13.2 Å². The predicted molar refractivity (Wildman–Crippen MR) is 105 cm³/mol. The van der Waals surface area contributed by atoms with Gasteiger partial charge in [0.25, 0.3) is 5.91 Å². The maximum atomic E-state index is 13.6. The highest BCUT2D eigenvalue weighted by atomic mass is 19.4. The zero-order valence-electron chi connectivity index (χ0n) is 16.8. The number of guanidine groups is 1. The molecule has 12 heteroatoms. The smallest absolute Gasteiger partial charge is 0.429 e. The Labute approximate surface area is 175 Å². The Hall–Kier alpha value is -3.28. The van der Waals surface area contributed by atoms with Gasteiger partial charge in [-0.05, 0) is 44.4 Å². The number of aliphatic imine (C=N–C) groups is 1.